The van der Waals surface area contributed by atoms with Crippen LogP contribution < -0.4 is 5.73 Å². The molecule has 2 heterocycles. The predicted molar refractivity (Wildman–Crippen MR) is 46.6 cm³/mol. The smallest absolute Gasteiger partial charge is 0.193 e. The van der Waals surface area contributed by atoms with Crippen molar-refractivity contribution in [3.63, 3.8) is 0 Å². The van der Waals surface area contributed by atoms with E-state index in [4.69, 9.17) is 5.73 Å². The lowest BCUT2D eigenvalue weighted by Crippen LogP contribution is -2.49. The highest BCUT2D eigenvalue weighted by atomic mass is 16.3. The Morgan fingerprint density at radius 3 is 3.08 bits per heavy atom. The molecule has 4 heteroatoms. The minimum absolute atomic E-state index is 0.316. The van der Waals surface area contributed by atoms with Crippen molar-refractivity contribution >= 4 is 5.96 Å². The normalized spacial score (nSPS) is 41.0. The number of aliphatic imine (C=N–C) groups is 1. The fourth-order valence-electron chi connectivity index (χ4n) is 2.17. The molecule has 0 aliphatic carbocycles. The number of rotatable bonds is 0. The summed E-state index contributed by atoms with van der Waals surface area (Å²) in [5.41, 5.74) is 5.72. The van der Waals surface area contributed by atoms with E-state index in [-0.39, 0.29) is 0 Å². The van der Waals surface area contributed by atoms with Gasteiger partial charge >= 0.3 is 0 Å². The van der Waals surface area contributed by atoms with Gasteiger partial charge in [-0.1, -0.05) is 0 Å². The highest BCUT2D eigenvalue weighted by Gasteiger charge is 2.36. The number of aliphatic hydroxyl groups excluding tert-OH is 1. The minimum Gasteiger partial charge on any atom is -0.374 e. The number of fused-ring (bicyclic) bond motifs is 1. The average molecular weight is 169 g/mol. The molecule has 1 unspecified atom stereocenters. The molecule has 2 rings (SSSR count). The monoisotopic (exact) mass is 169 g/mol. The third-order valence-corrected chi connectivity index (χ3v) is 2.70. The van der Waals surface area contributed by atoms with Crippen LogP contribution in [0.2, 0.25) is 0 Å². The van der Waals surface area contributed by atoms with Crippen LogP contribution in [0.25, 0.3) is 0 Å². The number of guanidine groups is 1. The molecule has 0 saturated carbocycles. The van der Waals surface area contributed by atoms with Gasteiger partial charge in [-0.05, 0) is 26.2 Å². The van der Waals surface area contributed by atoms with Crippen molar-refractivity contribution in [2.24, 2.45) is 10.7 Å². The summed E-state index contributed by atoms with van der Waals surface area (Å²) in [6.45, 7) is 2.06. The van der Waals surface area contributed by atoms with Crippen molar-refractivity contribution in [1.29, 1.82) is 0 Å². The molecule has 3 N–H and O–H groups in total. The zero-order valence-corrected chi connectivity index (χ0v) is 7.27. The lowest BCUT2D eigenvalue weighted by molar-refractivity contribution is 0.0622. The molecule has 0 aromatic carbocycles. The second kappa shape index (κ2) is 2.62. The van der Waals surface area contributed by atoms with Crippen LogP contribution >= 0.6 is 0 Å². The summed E-state index contributed by atoms with van der Waals surface area (Å²) in [6, 6.07) is 0.740. The van der Waals surface area contributed by atoms with Crippen molar-refractivity contribution in [2.45, 2.75) is 44.5 Å². The average Bonchev–Trinajstić information content (AvgIpc) is 2.31. The molecule has 0 bridgehead atoms. The van der Waals surface area contributed by atoms with Crippen LogP contribution in [0.5, 0.6) is 0 Å². The van der Waals surface area contributed by atoms with Crippen LogP contribution in [0.3, 0.4) is 0 Å². The van der Waals surface area contributed by atoms with Crippen molar-refractivity contribution in [1.82, 2.24) is 4.90 Å². The molecular weight excluding hydrogens is 154 g/mol. The number of nitrogens with zero attached hydrogens (tertiary/aromatic N) is 2. The van der Waals surface area contributed by atoms with Gasteiger partial charge in [0.05, 0.1) is 6.04 Å². The Kier molecular flexibility index (Phi) is 1.72. The summed E-state index contributed by atoms with van der Waals surface area (Å²) in [5, 5.41) is 9.55. The molecule has 0 spiro atoms. The maximum absolute atomic E-state index is 9.55. The van der Waals surface area contributed by atoms with Gasteiger partial charge in [0.2, 0.25) is 0 Å². The lowest BCUT2D eigenvalue weighted by atomic mass is 10.1. The van der Waals surface area contributed by atoms with Crippen molar-refractivity contribution in [3.05, 3.63) is 0 Å². The molecule has 2 aliphatic rings. The van der Waals surface area contributed by atoms with Crippen LogP contribution in [0, 0.1) is 0 Å². The summed E-state index contributed by atoms with van der Waals surface area (Å²) < 4.78 is 0. The molecule has 68 valence electrons. The third-order valence-electron chi connectivity index (χ3n) is 2.70. The molecule has 0 amide bonds. The molecule has 1 fully saturated rings. The predicted octanol–water partition coefficient (Wildman–Crippen LogP) is -0.124. The van der Waals surface area contributed by atoms with Gasteiger partial charge in [0, 0.05) is 6.04 Å². The Morgan fingerprint density at radius 1 is 1.58 bits per heavy atom. The maximum atomic E-state index is 9.55. The third kappa shape index (κ3) is 1.06. The van der Waals surface area contributed by atoms with Gasteiger partial charge in [0.25, 0.3) is 0 Å². The van der Waals surface area contributed by atoms with Crippen molar-refractivity contribution < 1.29 is 5.11 Å². The van der Waals surface area contributed by atoms with Gasteiger partial charge in [-0.15, -0.1) is 0 Å². The summed E-state index contributed by atoms with van der Waals surface area (Å²) in [4.78, 5) is 6.08. The number of hydrogen-bond donors (Lipinski definition) is 2. The molecule has 0 radical (unpaired) electrons. The Bertz CT molecular complexity index is 216. The zero-order chi connectivity index (χ0) is 8.72. The Balaban J connectivity index is 2.22. The fourth-order valence-corrected chi connectivity index (χ4v) is 2.17. The molecule has 1 saturated heterocycles. The molecule has 12 heavy (non-hydrogen) atoms. The van der Waals surface area contributed by atoms with E-state index in [1.807, 2.05) is 4.90 Å². The van der Waals surface area contributed by atoms with Crippen LogP contribution in [-0.4, -0.2) is 34.3 Å². The summed E-state index contributed by atoms with van der Waals surface area (Å²) in [6.07, 6.45) is 2.50. The SMILES string of the molecule is C[C@H]1C[C@H]2CCC(O)N2C(N)=N1. The van der Waals surface area contributed by atoms with E-state index in [1.54, 1.807) is 0 Å². The molecule has 0 aromatic rings. The van der Waals surface area contributed by atoms with E-state index in [9.17, 15) is 5.11 Å². The van der Waals surface area contributed by atoms with Crippen LogP contribution in [0.1, 0.15) is 26.2 Å². The quantitative estimate of drug-likeness (QED) is 0.531. The van der Waals surface area contributed by atoms with Gasteiger partial charge in [-0.2, -0.15) is 0 Å². The summed E-state index contributed by atoms with van der Waals surface area (Å²) in [5.74, 6) is 0.517. The standard InChI is InChI=1S/C8H15N3O/c1-5-4-6-2-3-7(12)11(6)8(9)10-5/h5-7,12H,2-4H2,1H3,(H2,9,10)/t5-,6+,7?/m0/s1. The lowest BCUT2D eigenvalue weighted by Gasteiger charge is -2.33. The Morgan fingerprint density at radius 2 is 2.33 bits per heavy atom. The van der Waals surface area contributed by atoms with Crippen molar-refractivity contribution in [3.8, 4) is 0 Å². The van der Waals surface area contributed by atoms with Crippen molar-refractivity contribution in [2.75, 3.05) is 0 Å². The first-order valence-electron chi connectivity index (χ1n) is 4.48. The van der Waals surface area contributed by atoms with E-state index in [0.29, 0.717) is 18.0 Å². The molecule has 2 aliphatic heterocycles. The highest BCUT2D eigenvalue weighted by Crippen LogP contribution is 2.28. The topological polar surface area (TPSA) is 61.8 Å². The summed E-state index contributed by atoms with van der Waals surface area (Å²) >= 11 is 0. The number of aliphatic hydroxyl groups is 1. The van der Waals surface area contributed by atoms with Crippen LogP contribution in [-0.2, 0) is 0 Å². The Hall–Kier alpha value is -0.770. The largest absolute Gasteiger partial charge is 0.374 e. The zero-order valence-electron chi connectivity index (χ0n) is 7.27. The molecular formula is C8H15N3O. The van der Waals surface area contributed by atoms with E-state index >= 15 is 0 Å². The van der Waals surface area contributed by atoms with Gasteiger partial charge in [0.1, 0.15) is 6.23 Å². The second-order valence-electron chi connectivity index (χ2n) is 3.69. The number of hydrogen-bond acceptors (Lipinski definition) is 4. The highest BCUT2D eigenvalue weighted by molar-refractivity contribution is 5.79. The van der Waals surface area contributed by atoms with Crippen LogP contribution in [0.15, 0.2) is 4.99 Å². The van der Waals surface area contributed by atoms with E-state index < -0.39 is 6.23 Å². The minimum atomic E-state index is -0.397. The first-order chi connectivity index (χ1) is 5.68. The van der Waals surface area contributed by atoms with Crippen LogP contribution in [0.4, 0.5) is 0 Å². The first-order valence-corrected chi connectivity index (χ1v) is 4.48. The van der Waals surface area contributed by atoms with E-state index in [1.165, 1.54) is 0 Å². The van der Waals surface area contributed by atoms with Gasteiger partial charge in [0.15, 0.2) is 5.96 Å². The maximum Gasteiger partial charge on any atom is 0.193 e. The fraction of sp³-hybridized carbons (Fsp3) is 0.875. The van der Waals surface area contributed by atoms with E-state index in [0.717, 1.165) is 19.3 Å². The second-order valence-corrected chi connectivity index (χ2v) is 3.69. The first kappa shape index (κ1) is 7.86. The Labute approximate surface area is 72.1 Å². The van der Waals surface area contributed by atoms with Gasteiger partial charge in [-0.3, -0.25) is 4.99 Å². The number of nitrogens with two attached hydrogens (primary N) is 1. The van der Waals surface area contributed by atoms with Gasteiger partial charge < -0.3 is 15.7 Å². The molecule has 0 aromatic heterocycles. The molecule has 4 nitrogen and oxygen atoms in total. The molecule has 3 atom stereocenters. The van der Waals surface area contributed by atoms with E-state index in [2.05, 4.69) is 11.9 Å². The van der Waals surface area contributed by atoms with Gasteiger partial charge in [-0.25, -0.2) is 0 Å². The summed E-state index contributed by atoms with van der Waals surface area (Å²) in [7, 11) is 0.